The average Bonchev–Trinajstić information content (AvgIpc) is 2.78. The van der Waals surface area contributed by atoms with Crippen LogP contribution in [0.4, 0.5) is 0 Å². The van der Waals surface area contributed by atoms with Gasteiger partial charge in [-0.1, -0.05) is 11.6 Å². The van der Waals surface area contributed by atoms with Crippen molar-refractivity contribution in [2.45, 2.75) is 13.3 Å². The fraction of sp³-hybridized carbons (Fsp3) is 0.462. The highest BCUT2D eigenvalue weighted by molar-refractivity contribution is 6.30. The fourth-order valence-corrected chi connectivity index (χ4v) is 2.33. The van der Waals surface area contributed by atoms with Crippen LogP contribution in [0.3, 0.4) is 0 Å². The van der Waals surface area contributed by atoms with Gasteiger partial charge in [-0.3, -0.25) is 4.79 Å². The van der Waals surface area contributed by atoms with Gasteiger partial charge in [0, 0.05) is 17.1 Å². The monoisotopic (exact) mass is 288 g/mol. The molecule has 0 spiro atoms. The minimum absolute atomic E-state index is 0. The minimum Gasteiger partial charge on any atom is -0.352 e. The Bertz CT molecular complexity index is 417. The van der Waals surface area contributed by atoms with Crippen LogP contribution >= 0.6 is 24.0 Å². The van der Waals surface area contributed by atoms with E-state index in [1.165, 1.54) is 0 Å². The number of hydrogen-bond donors (Lipinski definition) is 2. The number of carbonyl (C=O) groups excluding carboxylic acids is 1. The van der Waals surface area contributed by atoms with Crippen molar-refractivity contribution < 1.29 is 4.79 Å². The number of aryl methyl sites for hydroxylation is 1. The lowest BCUT2D eigenvalue weighted by atomic mass is 10.1. The first-order valence-electron chi connectivity index (χ1n) is 5.92. The second-order valence-electron chi connectivity index (χ2n) is 4.53. The summed E-state index contributed by atoms with van der Waals surface area (Å²) in [5.41, 5.74) is 1.62. The summed E-state index contributed by atoms with van der Waals surface area (Å²) in [5.74, 6) is 0.553. The first kappa shape index (κ1) is 15.3. The summed E-state index contributed by atoms with van der Waals surface area (Å²) >= 11 is 5.86. The van der Waals surface area contributed by atoms with Gasteiger partial charge in [0.1, 0.15) is 0 Å². The van der Waals surface area contributed by atoms with E-state index in [1.54, 1.807) is 12.1 Å². The predicted molar refractivity (Wildman–Crippen MR) is 76.7 cm³/mol. The van der Waals surface area contributed by atoms with Crippen LogP contribution in [0, 0.1) is 12.8 Å². The van der Waals surface area contributed by atoms with Gasteiger partial charge in [0.15, 0.2) is 0 Å². The van der Waals surface area contributed by atoms with E-state index in [9.17, 15) is 4.79 Å². The summed E-state index contributed by atoms with van der Waals surface area (Å²) in [6.07, 6.45) is 1.14. The Morgan fingerprint density at radius 3 is 2.94 bits per heavy atom. The normalized spacial score (nSPS) is 18.2. The molecule has 100 valence electrons. The molecule has 18 heavy (non-hydrogen) atoms. The van der Waals surface area contributed by atoms with Crippen LogP contribution in [-0.2, 0) is 0 Å². The van der Waals surface area contributed by atoms with Crippen molar-refractivity contribution in [3.63, 3.8) is 0 Å². The highest BCUT2D eigenvalue weighted by Crippen LogP contribution is 2.15. The van der Waals surface area contributed by atoms with Gasteiger partial charge in [-0.2, -0.15) is 0 Å². The third-order valence-corrected chi connectivity index (χ3v) is 3.38. The molecule has 3 nitrogen and oxygen atoms in total. The zero-order valence-electron chi connectivity index (χ0n) is 10.3. The molecule has 1 heterocycles. The van der Waals surface area contributed by atoms with Crippen LogP contribution in [0.15, 0.2) is 18.2 Å². The van der Waals surface area contributed by atoms with Gasteiger partial charge in [-0.05, 0) is 56.1 Å². The van der Waals surface area contributed by atoms with Gasteiger partial charge in [0.25, 0.3) is 5.91 Å². The molecule has 0 aliphatic carbocycles. The molecule has 1 aromatic carbocycles. The molecule has 5 heteroatoms. The maximum absolute atomic E-state index is 12.0. The molecule has 0 saturated carbocycles. The zero-order valence-corrected chi connectivity index (χ0v) is 11.9. The second kappa shape index (κ2) is 6.98. The third kappa shape index (κ3) is 3.87. The van der Waals surface area contributed by atoms with Crippen LogP contribution in [0.25, 0.3) is 0 Å². The molecule has 1 aromatic rings. The molecule has 0 radical (unpaired) electrons. The average molecular weight is 289 g/mol. The molecule has 1 fully saturated rings. The molecule has 1 atom stereocenters. The molecule has 1 saturated heterocycles. The Kier molecular flexibility index (Phi) is 5.93. The number of amides is 1. The molecular formula is C13H18Cl2N2O. The van der Waals surface area contributed by atoms with Gasteiger partial charge in [-0.15, -0.1) is 12.4 Å². The highest BCUT2D eigenvalue weighted by Gasteiger charge is 2.16. The van der Waals surface area contributed by atoms with Gasteiger partial charge in [0.2, 0.25) is 0 Å². The molecule has 1 aliphatic rings. The van der Waals surface area contributed by atoms with Gasteiger partial charge < -0.3 is 10.6 Å². The molecule has 2 rings (SSSR count). The molecule has 1 amide bonds. The van der Waals surface area contributed by atoms with Crippen molar-refractivity contribution in [1.82, 2.24) is 10.6 Å². The van der Waals surface area contributed by atoms with E-state index in [2.05, 4.69) is 10.6 Å². The van der Waals surface area contributed by atoms with Crippen LogP contribution in [-0.4, -0.2) is 25.5 Å². The molecule has 0 aromatic heterocycles. The van der Waals surface area contributed by atoms with E-state index in [4.69, 9.17) is 11.6 Å². The number of nitrogens with one attached hydrogen (secondary N) is 2. The number of hydrogen-bond acceptors (Lipinski definition) is 2. The molecule has 0 bridgehead atoms. The van der Waals surface area contributed by atoms with Crippen molar-refractivity contribution in [3.8, 4) is 0 Å². The Morgan fingerprint density at radius 1 is 1.56 bits per heavy atom. The van der Waals surface area contributed by atoms with Gasteiger partial charge >= 0.3 is 0 Å². The Hall–Kier alpha value is -0.770. The van der Waals surface area contributed by atoms with Crippen LogP contribution in [0.2, 0.25) is 5.02 Å². The van der Waals surface area contributed by atoms with E-state index in [0.29, 0.717) is 16.5 Å². The summed E-state index contributed by atoms with van der Waals surface area (Å²) in [5, 5.41) is 6.93. The summed E-state index contributed by atoms with van der Waals surface area (Å²) in [4.78, 5) is 12.0. The fourth-order valence-electron chi connectivity index (χ4n) is 2.10. The quantitative estimate of drug-likeness (QED) is 0.897. The topological polar surface area (TPSA) is 41.1 Å². The second-order valence-corrected chi connectivity index (χ2v) is 4.96. The number of rotatable bonds is 3. The summed E-state index contributed by atoms with van der Waals surface area (Å²) in [6.45, 7) is 4.70. The van der Waals surface area contributed by atoms with Crippen LogP contribution in [0.5, 0.6) is 0 Å². The summed E-state index contributed by atoms with van der Waals surface area (Å²) in [7, 11) is 0. The third-order valence-electron chi connectivity index (χ3n) is 3.15. The predicted octanol–water partition coefficient (Wildman–Crippen LogP) is 2.41. The number of benzene rings is 1. The Labute approximate surface area is 119 Å². The van der Waals surface area contributed by atoms with E-state index in [-0.39, 0.29) is 18.3 Å². The van der Waals surface area contributed by atoms with Gasteiger partial charge in [0.05, 0.1) is 0 Å². The smallest absolute Gasteiger partial charge is 0.251 e. The minimum atomic E-state index is -0.00827. The van der Waals surface area contributed by atoms with Crippen LogP contribution < -0.4 is 10.6 Å². The molecule has 1 unspecified atom stereocenters. The lowest BCUT2D eigenvalue weighted by Crippen LogP contribution is -2.30. The first-order chi connectivity index (χ1) is 8.16. The Balaban J connectivity index is 0.00000162. The lowest BCUT2D eigenvalue weighted by Gasteiger charge is -2.11. The van der Waals surface area contributed by atoms with Crippen molar-refractivity contribution in [2.75, 3.05) is 19.6 Å². The number of halogens is 2. The van der Waals surface area contributed by atoms with E-state index in [0.717, 1.165) is 31.6 Å². The van der Waals surface area contributed by atoms with E-state index in [1.807, 2.05) is 13.0 Å². The zero-order chi connectivity index (χ0) is 12.3. The largest absolute Gasteiger partial charge is 0.352 e. The lowest BCUT2D eigenvalue weighted by molar-refractivity contribution is 0.0947. The van der Waals surface area contributed by atoms with Crippen molar-refractivity contribution in [3.05, 3.63) is 34.3 Å². The van der Waals surface area contributed by atoms with Gasteiger partial charge in [-0.25, -0.2) is 0 Å². The van der Waals surface area contributed by atoms with Crippen LogP contribution in [0.1, 0.15) is 22.3 Å². The molecule has 1 aliphatic heterocycles. The first-order valence-corrected chi connectivity index (χ1v) is 6.29. The van der Waals surface area contributed by atoms with Crippen molar-refractivity contribution >= 4 is 29.9 Å². The van der Waals surface area contributed by atoms with E-state index < -0.39 is 0 Å². The molecule has 2 N–H and O–H groups in total. The SMILES string of the molecule is Cc1cc(Cl)ccc1C(=O)NCC1CCNC1.Cl. The Morgan fingerprint density at radius 2 is 2.33 bits per heavy atom. The summed E-state index contributed by atoms with van der Waals surface area (Å²) < 4.78 is 0. The maximum Gasteiger partial charge on any atom is 0.251 e. The van der Waals surface area contributed by atoms with Crippen molar-refractivity contribution in [2.24, 2.45) is 5.92 Å². The number of carbonyl (C=O) groups is 1. The van der Waals surface area contributed by atoms with Crippen molar-refractivity contribution in [1.29, 1.82) is 0 Å². The maximum atomic E-state index is 12.0. The standard InChI is InChI=1S/C13H17ClN2O.ClH/c1-9-6-11(14)2-3-12(9)13(17)16-8-10-4-5-15-7-10;/h2-3,6,10,15H,4-5,7-8H2,1H3,(H,16,17);1H. The highest BCUT2D eigenvalue weighted by atomic mass is 35.5. The van der Waals surface area contributed by atoms with E-state index >= 15 is 0 Å². The summed E-state index contributed by atoms with van der Waals surface area (Å²) in [6, 6.07) is 5.34. The molecular weight excluding hydrogens is 271 g/mol.